The molecule has 0 radical (unpaired) electrons. The number of rotatable bonds is 4. The van der Waals surface area contributed by atoms with Gasteiger partial charge >= 0.3 is 0 Å². The van der Waals surface area contributed by atoms with E-state index in [-0.39, 0.29) is 10.3 Å². The predicted octanol–water partition coefficient (Wildman–Crippen LogP) is 3.50. The fourth-order valence-corrected chi connectivity index (χ4v) is 4.86. The Labute approximate surface area is 113 Å². The van der Waals surface area contributed by atoms with E-state index in [0.29, 0.717) is 4.34 Å². The highest BCUT2D eigenvalue weighted by Crippen LogP contribution is 2.27. The average molecular weight is 308 g/mol. The van der Waals surface area contributed by atoms with Gasteiger partial charge in [0.25, 0.3) is 10.0 Å². The zero-order valence-electron chi connectivity index (χ0n) is 8.88. The lowest BCUT2D eigenvalue weighted by molar-refractivity contribution is 0.570. The number of halogens is 1. The van der Waals surface area contributed by atoms with Gasteiger partial charge in [-0.3, -0.25) is 0 Å². The zero-order valence-corrected chi connectivity index (χ0v) is 12.1. The van der Waals surface area contributed by atoms with Crippen LogP contribution in [0.3, 0.4) is 0 Å². The van der Waals surface area contributed by atoms with E-state index in [1.807, 2.05) is 24.4 Å². The van der Waals surface area contributed by atoms with Crippen molar-refractivity contribution in [3.8, 4) is 0 Å². The summed E-state index contributed by atoms with van der Waals surface area (Å²) in [4.78, 5) is 0.983. The average Bonchev–Trinajstić information content (AvgIpc) is 2.86. The van der Waals surface area contributed by atoms with Gasteiger partial charge in [0.1, 0.15) is 4.21 Å². The Hall–Kier alpha value is -0.400. The zero-order chi connectivity index (χ0) is 12.5. The van der Waals surface area contributed by atoms with Crippen LogP contribution in [0.15, 0.2) is 33.9 Å². The standard InChI is InChI=1S/C10H10ClNO2S3/c1-7(8-3-2-6-15-8)12-17(13,14)10-5-4-9(11)16-10/h2-7,12H,1H3/t7-/m1/s1. The van der Waals surface area contributed by atoms with Gasteiger partial charge in [-0.2, -0.15) is 0 Å². The Balaban J connectivity index is 2.18. The summed E-state index contributed by atoms with van der Waals surface area (Å²) in [6.45, 7) is 1.82. The molecule has 2 rings (SSSR count). The first kappa shape index (κ1) is 13.0. The van der Waals surface area contributed by atoms with Crippen LogP contribution in [-0.2, 0) is 10.0 Å². The summed E-state index contributed by atoms with van der Waals surface area (Å²) in [6, 6.07) is 6.65. The van der Waals surface area contributed by atoms with Crippen molar-refractivity contribution >= 4 is 44.3 Å². The fraction of sp³-hybridized carbons (Fsp3) is 0.200. The van der Waals surface area contributed by atoms with Crippen molar-refractivity contribution < 1.29 is 8.42 Å². The minimum absolute atomic E-state index is 0.235. The maximum Gasteiger partial charge on any atom is 0.250 e. The molecule has 0 saturated carbocycles. The molecule has 0 aliphatic heterocycles. The molecule has 2 aromatic rings. The highest BCUT2D eigenvalue weighted by molar-refractivity contribution is 7.91. The van der Waals surface area contributed by atoms with Crippen molar-refractivity contribution in [1.29, 1.82) is 0 Å². The summed E-state index contributed by atoms with van der Waals surface area (Å²) in [7, 11) is -3.47. The fourth-order valence-electron chi connectivity index (χ4n) is 1.33. The van der Waals surface area contributed by atoms with E-state index in [2.05, 4.69) is 4.72 Å². The highest BCUT2D eigenvalue weighted by Gasteiger charge is 2.20. The Kier molecular flexibility index (Phi) is 3.89. The van der Waals surface area contributed by atoms with Crippen molar-refractivity contribution in [2.75, 3.05) is 0 Å². The van der Waals surface area contributed by atoms with Gasteiger partial charge in [0, 0.05) is 4.88 Å². The van der Waals surface area contributed by atoms with Crippen LogP contribution in [0.25, 0.3) is 0 Å². The molecule has 0 aliphatic rings. The molecule has 0 spiro atoms. The Bertz CT molecular complexity index is 589. The molecule has 0 saturated heterocycles. The smallest absolute Gasteiger partial charge is 0.206 e. The molecule has 2 heterocycles. The molecule has 0 bridgehead atoms. The molecule has 7 heteroatoms. The van der Waals surface area contributed by atoms with E-state index < -0.39 is 10.0 Å². The maximum absolute atomic E-state index is 12.0. The third-order valence-corrected chi connectivity index (χ3v) is 6.43. The Morgan fingerprint density at radius 2 is 2.12 bits per heavy atom. The van der Waals surface area contributed by atoms with E-state index in [1.165, 1.54) is 17.4 Å². The molecule has 0 aromatic carbocycles. The SMILES string of the molecule is C[C@@H](NS(=O)(=O)c1ccc(Cl)s1)c1cccs1. The summed E-state index contributed by atoms with van der Waals surface area (Å²) in [5.41, 5.74) is 0. The molecule has 1 N–H and O–H groups in total. The first-order valence-electron chi connectivity index (χ1n) is 4.80. The normalized spacial score (nSPS) is 13.8. The minimum atomic E-state index is -3.47. The molecule has 0 fully saturated rings. The van der Waals surface area contributed by atoms with Crippen LogP contribution in [0.5, 0.6) is 0 Å². The number of hydrogen-bond donors (Lipinski definition) is 1. The molecule has 3 nitrogen and oxygen atoms in total. The molecule has 0 unspecified atom stereocenters. The van der Waals surface area contributed by atoms with Crippen LogP contribution in [-0.4, -0.2) is 8.42 Å². The van der Waals surface area contributed by atoms with Gasteiger partial charge in [0.15, 0.2) is 0 Å². The van der Waals surface area contributed by atoms with E-state index >= 15 is 0 Å². The summed E-state index contributed by atoms with van der Waals surface area (Å²) >= 11 is 8.31. The number of sulfonamides is 1. The molecule has 17 heavy (non-hydrogen) atoms. The molecule has 1 atom stereocenters. The molecular weight excluding hydrogens is 298 g/mol. The van der Waals surface area contributed by atoms with Gasteiger partial charge in [-0.05, 0) is 30.5 Å². The first-order valence-corrected chi connectivity index (χ1v) is 8.36. The second-order valence-corrected chi connectivity index (χ2v) is 8.05. The molecule has 0 amide bonds. The Morgan fingerprint density at radius 1 is 1.35 bits per heavy atom. The van der Waals surface area contributed by atoms with Gasteiger partial charge in [0.05, 0.1) is 10.4 Å². The van der Waals surface area contributed by atoms with Crippen LogP contribution < -0.4 is 4.72 Å². The topological polar surface area (TPSA) is 46.2 Å². The van der Waals surface area contributed by atoms with Crippen molar-refractivity contribution in [2.45, 2.75) is 17.2 Å². The van der Waals surface area contributed by atoms with Gasteiger partial charge in [-0.15, -0.1) is 22.7 Å². The van der Waals surface area contributed by atoms with Gasteiger partial charge < -0.3 is 0 Å². The lowest BCUT2D eigenvalue weighted by Crippen LogP contribution is -2.25. The molecule has 92 valence electrons. The first-order chi connectivity index (χ1) is 7.99. The van der Waals surface area contributed by atoms with E-state index in [0.717, 1.165) is 16.2 Å². The van der Waals surface area contributed by atoms with Crippen molar-refractivity contribution in [1.82, 2.24) is 4.72 Å². The third kappa shape index (κ3) is 3.08. The number of nitrogens with one attached hydrogen (secondary N) is 1. The lowest BCUT2D eigenvalue weighted by atomic mass is 10.3. The van der Waals surface area contributed by atoms with E-state index in [1.54, 1.807) is 6.07 Å². The predicted molar refractivity (Wildman–Crippen MR) is 72.4 cm³/mol. The van der Waals surface area contributed by atoms with Gasteiger partial charge in [-0.1, -0.05) is 17.7 Å². The van der Waals surface area contributed by atoms with Crippen molar-refractivity contribution in [3.05, 3.63) is 38.9 Å². The largest absolute Gasteiger partial charge is 0.250 e. The van der Waals surface area contributed by atoms with Crippen LogP contribution in [0, 0.1) is 0 Å². The van der Waals surface area contributed by atoms with Gasteiger partial charge in [0.2, 0.25) is 0 Å². The Morgan fingerprint density at radius 3 is 2.65 bits per heavy atom. The maximum atomic E-state index is 12.0. The van der Waals surface area contributed by atoms with Crippen LogP contribution in [0.4, 0.5) is 0 Å². The van der Waals surface area contributed by atoms with Gasteiger partial charge in [-0.25, -0.2) is 13.1 Å². The van der Waals surface area contributed by atoms with Crippen LogP contribution >= 0.6 is 34.3 Å². The summed E-state index contributed by atoms with van der Waals surface area (Å²) in [5, 5.41) is 1.92. The second kappa shape index (κ2) is 5.07. The number of hydrogen-bond acceptors (Lipinski definition) is 4. The quantitative estimate of drug-likeness (QED) is 0.939. The number of thiophene rings is 2. The molecule has 0 aliphatic carbocycles. The minimum Gasteiger partial charge on any atom is -0.206 e. The van der Waals surface area contributed by atoms with Crippen molar-refractivity contribution in [2.24, 2.45) is 0 Å². The summed E-state index contributed by atoms with van der Waals surface area (Å²) in [5.74, 6) is 0. The summed E-state index contributed by atoms with van der Waals surface area (Å²) < 4.78 is 27.3. The monoisotopic (exact) mass is 307 g/mol. The third-order valence-electron chi connectivity index (χ3n) is 2.12. The molecule has 2 aromatic heterocycles. The van der Waals surface area contributed by atoms with Crippen molar-refractivity contribution in [3.63, 3.8) is 0 Å². The second-order valence-electron chi connectivity index (χ2n) is 3.42. The molecular formula is C10H10ClNO2S3. The summed E-state index contributed by atoms with van der Waals surface area (Å²) in [6.07, 6.45) is 0. The van der Waals surface area contributed by atoms with E-state index in [9.17, 15) is 8.42 Å². The van der Waals surface area contributed by atoms with Crippen LogP contribution in [0.1, 0.15) is 17.8 Å². The van der Waals surface area contributed by atoms with Crippen LogP contribution in [0.2, 0.25) is 4.34 Å². The highest BCUT2D eigenvalue weighted by atomic mass is 35.5. The van der Waals surface area contributed by atoms with E-state index in [4.69, 9.17) is 11.6 Å². The lowest BCUT2D eigenvalue weighted by Gasteiger charge is -2.11.